The van der Waals surface area contributed by atoms with Crippen molar-refractivity contribution >= 4 is 56.3 Å². The Bertz CT molecular complexity index is 1590. The first-order valence-electron chi connectivity index (χ1n) is 12.1. The summed E-state index contributed by atoms with van der Waals surface area (Å²) >= 11 is 6.16. The SMILES string of the molecule is CC(C)(C)[S@+]([O-])NC(c1cc2cccc(-c3cc(C(C)(O)C(F)(F)F)ccn3)c2s1)c1nc(NC(=O)O)ccc1Cl. The topological polar surface area (TPSA) is 130 Å². The molecule has 0 aliphatic rings. The standard InChI is InChI=1S/C27H26ClF3N4O4S2/c1-25(2,3)41(39)35-22(21-17(28)8-9-20(33-21)34-24(36)37)19-12-14-6-5-7-16(23(14)40-19)18-13-15(10-11-32-18)26(4,38)27(29,30)31/h5-13,22,35,38H,1-4H3,(H,33,34)(H,36,37)/t22?,26?,41-/m0/s1. The minimum atomic E-state index is -4.90. The van der Waals surface area contributed by atoms with Crippen LogP contribution in [0.2, 0.25) is 5.02 Å². The van der Waals surface area contributed by atoms with Crippen molar-refractivity contribution in [1.29, 1.82) is 0 Å². The van der Waals surface area contributed by atoms with Crippen LogP contribution in [0.4, 0.5) is 23.8 Å². The van der Waals surface area contributed by atoms with Crippen LogP contribution in [0.25, 0.3) is 21.3 Å². The summed E-state index contributed by atoms with van der Waals surface area (Å²) in [5.74, 6) is 0.0183. The van der Waals surface area contributed by atoms with Gasteiger partial charge in [0.15, 0.2) is 5.60 Å². The van der Waals surface area contributed by atoms with Crippen LogP contribution < -0.4 is 10.0 Å². The number of anilines is 1. The number of alkyl halides is 3. The van der Waals surface area contributed by atoms with Gasteiger partial charge in [-0.05, 0) is 69.0 Å². The first-order valence-corrected chi connectivity index (χ1v) is 14.5. The summed E-state index contributed by atoms with van der Waals surface area (Å²) in [6.45, 7) is 6.03. The van der Waals surface area contributed by atoms with Crippen LogP contribution in [0.1, 0.15) is 49.9 Å². The molecule has 1 amide bonds. The molecule has 3 aromatic heterocycles. The fourth-order valence-electron chi connectivity index (χ4n) is 3.84. The Hall–Kier alpha value is -2.94. The Labute approximate surface area is 245 Å². The zero-order chi connectivity index (χ0) is 30.3. The van der Waals surface area contributed by atoms with Crippen molar-refractivity contribution < 1.29 is 32.7 Å². The molecule has 0 fully saturated rings. The van der Waals surface area contributed by atoms with Crippen molar-refractivity contribution in [2.24, 2.45) is 0 Å². The Balaban J connectivity index is 1.86. The minimum Gasteiger partial charge on any atom is -0.598 e. The summed E-state index contributed by atoms with van der Waals surface area (Å²) in [5.41, 5.74) is -2.47. The zero-order valence-electron chi connectivity index (χ0n) is 22.2. The maximum Gasteiger partial charge on any atom is 0.421 e. The molecule has 4 aromatic rings. The molecule has 3 heterocycles. The van der Waals surface area contributed by atoms with Gasteiger partial charge in [0, 0.05) is 32.7 Å². The lowest BCUT2D eigenvalue weighted by Crippen LogP contribution is -2.41. The lowest BCUT2D eigenvalue weighted by Gasteiger charge is -2.27. The second kappa shape index (κ2) is 11.4. The predicted molar refractivity (Wildman–Crippen MR) is 154 cm³/mol. The van der Waals surface area contributed by atoms with Crippen molar-refractivity contribution in [2.75, 3.05) is 5.32 Å². The molecule has 8 nitrogen and oxygen atoms in total. The molecular formula is C27H26ClF3N4O4S2. The number of aliphatic hydroxyl groups is 1. The van der Waals surface area contributed by atoms with E-state index in [0.717, 1.165) is 11.5 Å². The van der Waals surface area contributed by atoms with Crippen LogP contribution >= 0.6 is 22.9 Å². The van der Waals surface area contributed by atoms with Crippen molar-refractivity contribution in [3.05, 3.63) is 75.9 Å². The first kappa shape index (κ1) is 31.0. The second-order valence-corrected chi connectivity index (χ2v) is 13.8. The van der Waals surface area contributed by atoms with Crippen molar-refractivity contribution in [3.8, 4) is 11.3 Å². The summed E-state index contributed by atoms with van der Waals surface area (Å²) in [4.78, 5) is 20.5. The number of benzene rings is 1. The van der Waals surface area contributed by atoms with Gasteiger partial charge in [0.1, 0.15) is 16.6 Å². The lowest BCUT2D eigenvalue weighted by molar-refractivity contribution is -0.258. The Morgan fingerprint density at radius 3 is 2.46 bits per heavy atom. The molecule has 0 aliphatic heterocycles. The highest BCUT2D eigenvalue weighted by molar-refractivity contribution is 7.90. The van der Waals surface area contributed by atoms with E-state index in [-0.39, 0.29) is 27.8 Å². The van der Waals surface area contributed by atoms with E-state index in [0.29, 0.717) is 22.1 Å². The van der Waals surface area contributed by atoms with Gasteiger partial charge in [0.2, 0.25) is 0 Å². The number of nitrogens with zero attached hydrogens (tertiary/aromatic N) is 2. The number of carbonyl (C=O) groups is 1. The monoisotopic (exact) mass is 626 g/mol. The molecule has 218 valence electrons. The normalized spacial score (nSPS) is 15.4. The molecule has 14 heteroatoms. The number of hydrogen-bond donors (Lipinski definition) is 4. The Kier molecular flexibility index (Phi) is 8.61. The van der Waals surface area contributed by atoms with Crippen molar-refractivity contribution in [2.45, 2.75) is 50.3 Å². The quantitative estimate of drug-likeness (QED) is 0.162. The van der Waals surface area contributed by atoms with Gasteiger partial charge in [0.25, 0.3) is 0 Å². The van der Waals surface area contributed by atoms with E-state index < -0.39 is 40.0 Å². The van der Waals surface area contributed by atoms with Gasteiger partial charge in [-0.15, -0.1) is 16.1 Å². The van der Waals surface area contributed by atoms with Crippen LogP contribution in [0, 0.1) is 0 Å². The number of aromatic nitrogens is 2. The van der Waals surface area contributed by atoms with E-state index in [2.05, 4.69) is 20.0 Å². The van der Waals surface area contributed by atoms with Gasteiger partial charge in [-0.3, -0.25) is 10.3 Å². The number of amides is 1. The van der Waals surface area contributed by atoms with Crippen LogP contribution in [-0.2, 0) is 17.0 Å². The average Bonchev–Trinajstić information content (AvgIpc) is 3.31. The maximum atomic E-state index is 13.5. The number of rotatable bonds is 7. The zero-order valence-corrected chi connectivity index (χ0v) is 24.6. The number of carboxylic acid groups (broad SMARTS) is 1. The molecule has 4 N–H and O–H groups in total. The molecule has 0 bridgehead atoms. The van der Waals surface area contributed by atoms with E-state index in [9.17, 15) is 27.6 Å². The lowest BCUT2D eigenvalue weighted by atomic mass is 9.94. The van der Waals surface area contributed by atoms with E-state index in [4.69, 9.17) is 16.7 Å². The first-order chi connectivity index (χ1) is 19.0. The highest BCUT2D eigenvalue weighted by atomic mass is 35.5. The van der Waals surface area contributed by atoms with Crippen LogP contribution in [0.5, 0.6) is 0 Å². The van der Waals surface area contributed by atoms with Gasteiger partial charge >= 0.3 is 12.3 Å². The van der Waals surface area contributed by atoms with Crippen LogP contribution in [0.15, 0.2) is 54.7 Å². The van der Waals surface area contributed by atoms with Crippen LogP contribution in [0.3, 0.4) is 0 Å². The molecule has 2 unspecified atom stereocenters. The number of halogens is 4. The maximum absolute atomic E-state index is 13.5. The van der Waals surface area contributed by atoms with E-state index in [1.807, 2.05) is 12.1 Å². The summed E-state index contributed by atoms with van der Waals surface area (Å²) in [6.07, 6.45) is -5.01. The molecule has 3 atom stereocenters. The summed E-state index contributed by atoms with van der Waals surface area (Å²) in [5, 5.41) is 22.5. The molecular weight excluding hydrogens is 601 g/mol. The van der Waals surface area contributed by atoms with E-state index in [1.165, 1.54) is 35.7 Å². The smallest absolute Gasteiger partial charge is 0.421 e. The van der Waals surface area contributed by atoms with E-state index >= 15 is 0 Å². The molecule has 0 spiro atoms. The molecule has 41 heavy (non-hydrogen) atoms. The third-order valence-corrected chi connectivity index (χ3v) is 9.29. The van der Waals surface area contributed by atoms with Crippen molar-refractivity contribution in [3.63, 3.8) is 0 Å². The Morgan fingerprint density at radius 2 is 1.83 bits per heavy atom. The number of fused-ring (bicyclic) bond motifs is 1. The third kappa shape index (κ3) is 6.60. The van der Waals surface area contributed by atoms with Gasteiger partial charge in [-0.25, -0.2) is 9.78 Å². The molecule has 4 rings (SSSR count). The molecule has 1 aromatic carbocycles. The largest absolute Gasteiger partial charge is 0.598 e. The minimum absolute atomic E-state index is 0.0183. The number of hydrogen-bond acceptors (Lipinski definition) is 7. The fourth-order valence-corrected chi connectivity index (χ4v) is 6.18. The van der Waals surface area contributed by atoms with E-state index in [1.54, 1.807) is 32.9 Å². The molecule has 0 saturated carbocycles. The fraction of sp³-hybridized carbons (Fsp3) is 0.296. The Morgan fingerprint density at radius 1 is 1.12 bits per heavy atom. The highest BCUT2D eigenvalue weighted by Crippen LogP contribution is 2.42. The van der Waals surface area contributed by atoms with Crippen molar-refractivity contribution in [1.82, 2.24) is 14.7 Å². The van der Waals surface area contributed by atoms with Gasteiger partial charge in [-0.1, -0.05) is 29.8 Å². The molecule has 0 saturated heterocycles. The molecule has 0 radical (unpaired) electrons. The summed E-state index contributed by atoms with van der Waals surface area (Å²) in [7, 11) is 0. The number of thiophene rings is 1. The molecule has 0 aliphatic carbocycles. The average molecular weight is 627 g/mol. The van der Waals surface area contributed by atoms with Crippen LogP contribution in [-0.4, -0.2) is 41.8 Å². The number of nitrogens with one attached hydrogen (secondary N) is 2. The highest BCUT2D eigenvalue weighted by Gasteiger charge is 2.51. The van der Waals surface area contributed by atoms with Gasteiger partial charge in [-0.2, -0.15) is 13.2 Å². The summed E-state index contributed by atoms with van der Waals surface area (Å²) in [6, 6.07) is 11.4. The van der Waals surface area contributed by atoms with Gasteiger partial charge < -0.3 is 14.8 Å². The van der Waals surface area contributed by atoms with Gasteiger partial charge in [0.05, 0.1) is 16.4 Å². The summed E-state index contributed by atoms with van der Waals surface area (Å²) < 4.78 is 56.8. The predicted octanol–water partition coefficient (Wildman–Crippen LogP) is 7.01. The number of pyridine rings is 2. The third-order valence-electron chi connectivity index (χ3n) is 6.16. The second-order valence-electron chi connectivity index (χ2n) is 10.3.